The molecule has 3 rings (SSSR count). The predicted molar refractivity (Wildman–Crippen MR) is 86.7 cm³/mol. The van der Waals surface area contributed by atoms with Gasteiger partial charge in [-0.1, -0.05) is 18.2 Å². The van der Waals surface area contributed by atoms with Gasteiger partial charge in [-0.25, -0.2) is 0 Å². The number of benzene rings is 2. The Morgan fingerprint density at radius 3 is 3.00 bits per heavy atom. The van der Waals surface area contributed by atoms with Gasteiger partial charge in [0, 0.05) is 24.5 Å². The van der Waals surface area contributed by atoms with Gasteiger partial charge >= 0.3 is 0 Å². The summed E-state index contributed by atoms with van der Waals surface area (Å²) in [6, 6.07) is 12.5. The fourth-order valence-electron chi connectivity index (χ4n) is 2.53. The number of ether oxygens (including phenoxy) is 1. The topological polar surface area (TPSA) is 33.3 Å². The van der Waals surface area contributed by atoms with Crippen molar-refractivity contribution in [1.29, 1.82) is 0 Å². The number of para-hydroxylation sites is 1. The minimum Gasteiger partial charge on any atom is -0.496 e. The maximum atomic E-state index is 5.24. The van der Waals surface area contributed by atoms with E-state index in [2.05, 4.69) is 44.8 Å². The molecular weight excluding hydrogens is 316 g/mol. The Bertz CT molecular complexity index is 628. The van der Waals surface area contributed by atoms with Gasteiger partial charge in [-0.2, -0.15) is 0 Å². The molecule has 1 aliphatic heterocycles. The molecule has 0 saturated heterocycles. The van der Waals surface area contributed by atoms with Gasteiger partial charge in [0.15, 0.2) is 0 Å². The van der Waals surface area contributed by atoms with E-state index in [1.807, 2.05) is 18.2 Å². The molecule has 0 radical (unpaired) electrons. The highest BCUT2D eigenvalue weighted by Gasteiger charge is 2.13. The Labute approximate surface area is 127 Å². The highest BCUT2D eigenvalue weighted by atomic mass is 79.9. The lowest BCUT2D eigenvalue weighted by atomic mass is 10.1. The van der Waals surface area contributed by atoms with E-state index in [0.717, 1.165) is 35.4 Å². The number of hydrogen-bond donors (Lipinski definition) is 2. The molecule has 0 bridgehead atoms. The third-order valence-corrected chi connectivity index (χ3v) is 4.19. The van der Waals surface area contributed by atoms with Crippen molar-refractivity contribution in [2.45, 2.75) is 13.0 Å². The quantitative estimate of drug-likeness (QED) is 0.886. The molecule has 0 aromatic heterocycles. The maximum Gasteiger partial charge on any atom is 0.133 e. The van der Waals surface area contributed by atoms with Crippen LogP contribution in [-0.4, -0.2) is 13.7 Å². The highest BCUT2D eigenvalue weighted by molar-refractivity contribution is 9.10. The van der Waals surface area contributed by atoms with Gasteiger partial charge in [-0.15, -0.1) is 0 Å². The lowest BCUT2D eigenvalue weighted by Gasteiger charge is -2.12. The molecule has 1 heterocycles. The minimum atomic E-state index is 0.814. The largest absolute Gasteiger partial charge is 0.496 e. The molecule has 4 heteroatoms. The average molecular weight is 333 g/mol. The molecule has 0 atom stereocenters. The number of methoxy groups -OCH3 is 1. The molecule has 3 nitrogen and oxygen atoms in total. The first kappa shape index (κ1) is 13.3. The van der Waals surface area contributed by atoms with Crippen LogP contribution in [-0.2, 0) is 13.0 Å². The summed E-state index contributed by atoms with van der Waals surface area (Å²) < 4.78 is 6.20. The number of anilines is 2. The number of rotatable bonds is 4. The average Bonchev–Trinajstić information content (AvgIpc) is 2.94. The first-order valence-corrected chi connectivity index (χ1v) is 7.49. The molecule has 20 heavy (non-hydrogen) atoms. The van der Waals surface area contributed by atoms with Gasteiger partial charge in [0.25, 0.3) is 0 Å². The molecule has 2 N–H and O–H groups in total. The van der Waals surface area contributed by atoms with Crippen molar-refractivity contribution in [3.05, 3.63) is 52.0 Å². The van der Waals surface area contributed by atoms with E-state index in [0.29, 0.717) is 0 Å². The summed E-state index contributed by atoms with van der Waals surface area (Å²) in [5, 5.41) is 6.92. The van der Waals surface area contributed by atoms with Gasteiger partial charge in [-0.05, 0) is 51.7 Å². The van der Waals surface area contributed by atoms with E-state index in [1.54, 1.807) is 7.11 Å². The highest BCUT2D eigenvalue weighted by Crippen LogP contribution is 2.29. The molecule has 0 spiro atoms. The zero-order chi connectivity index (χ0) is 13.9. The normalized spacial score (nSPS) is 12.7. The summed E-state index contributed by atoms with van der Waals surface area (Å²) in [5.41, 5.74) is 5.10. The molecule has 2 aromatic carbocycles. The summed E-state index contributed by atoms with van der Waals surface area (Å²) in [6.07, 6.45) is 1.12. The second-order valence-electron chi connectivity index (χ2n) is 4.83. The van der Waals surface area contributed by atoms with Crippen molar-refractivity contribution in [2.75, 3.05) is 24.3 Å². The number of halogens is 1. The summed E-state index contributed by atoms with van der Waals surface area (Å²) in [4.78, 5) is 0. The fourth-order valence-corrected chi connectivity index (χ4v) is 3.07. The maximum absolute atomic E-state index is 5.24. The van der Waals surface area contributed by atoms with Crippen LogP contribution in [0.25, 0.3) is 0 Å². The number of nitrogens with one attached hydrogen (secondary N) is 2. The van der Waals surface area contributed by atoms with Crippen molar-refractivity contribution < 1.29 is 4.74 Å². The van der Waals surface area contributed by atoms with Gasteiger partial charge in [0.05, 0.1) is 11.6 Å². The molecule has 104 valence electrons. The molecule has 1 aliphatic rings. The van der Waals surface area contributed by atoms with E-state index in [-0.39, 0.29) is 0 Å². The Balaban J connectivity index is 1.74. The second-order valence-corrected chi connectivity index (χ2v) is 5.69. The molecule has 2 aromatic rings. The lowest BCUT2D eigenvalue weighted by molar-refractivity contribution is 0.412. The molecule has 0 saturated carbocycles. The predicted octanol–water partition coefficient (Wildman–Crippen LogP) is 4.04. The Kier molecular flexibility index (Phi) is 3.83. The Morgan fingerprint density at radius 1 is 1.30 bits per heavy atom. The minimum absolute atomic E-state index is 0.814. The van der Waals surface area contributed by atoms with Gasteiger partial charge < -0.3 is 15.4 Å². The first-order valence-electron chi connectivity index (χ1n) is 6.70. The van der Waals surface area contributed by atoms with Crippen LogP contribution in [0.15, 0.2) is 40.9 Å². The first-order chi connectivity index (χ1) is 9.78. The Hall–Kier alpha value is -1.68. The van der Waals surface area contributed by atoms with Crippen LogP contribution in [0.2, 0.25) is 0 Å². The van der Waals surface area contributed by atoms with Crippen molar-refractivity contribution in [2.24, 2.45) is 0 Å². The zero-order valence-corrected chi connectivity index (χ0v) is 13.0. The molecule has 0 aliphatic carbocycles. The van der Waals surface area contributed by atoms with Gasteiger partial charge in [-0.3, -0.25) is 0 Å². The second kappa shape index (κ2) is 5.75. The van der Waals surface area contributed by atoms with Crippen molar-refractivity contribution in [3.8, 4) is 5.75 Å². The van der Waals surface area contributed by atoms with E-state index in [4.69, 9.17) is 4.74 Å². The zero-order valence-electron chi connectivity index (χ0n) is 11.4. The van der Waals surface area contributed by atoms with Crippen molar-refractivity contribution in [3.63, 3.8) is 0 Å². The molecule has 0 unspecified atom stereocenters. The van der Waals surface area contributed by atoms with Crippen LogP contribution in [0.5, 0.6) is 5.75 Å². The number of fused-ring (bicyclic) bond motifs is 1. The smallest absolute Gasteiger partial charge is 0.133 e. The summed E-state index contributed by atoms with van der Waals surface area (Å²) in [5.74, 6) is 0.845. The summed E-state index contributed by atoms with van der Waals surface area (Å²) in [7, 11) is 1.67. The number of hydrogen-bond acceptors (Lipinski definition) is 3. The molecule has 0 fully saturated rings. The fraction of sp³-hybridized carbons (Fsp3) is 0.250. The molecule has 0 amide bonds. The van der Waals surface area contributed by atoms with E-state index in [9.17, 15) is 0 Å². The van der Waals surface area contributed by atoms with Crippen LogP contribution in [0.4, 0.5) is 11.4 Å². The standard InChI is InChI=1S/C16H17BrN2O/c1-20-15-6-5-13(9-14(15)17)19-10-12-4-2-3-11-7-8-18-16(11)12/h2-6,9,18-19H,7-8,10H2,1H3. The Morgan fingerprint density at radius 2 is 2.20 bits per heavy atom. The summed E-state index contributed by atoms with van der Waals surface area (Å²) >= 11 is 3.51. The van der Waals surface area contributed by atoms with Crippen LogP contribution in [0, 0.1) is 0 Å². The SMILES string of the molecule is COc1ccc(NCc2cccc3c2NCC3)cc1Br. The van der Waals surface area contributed by atoms with Gasteiger partial charge in [0.1, 0.15) is 5.75 Å². The summed E-state index contributed by atoms with van der Waals surface area (Å²) in [6.45, 7) is 1.86. The monoisotopic (exact) mass is 332 g/mol. The van der Waals surface area contributed by atoms with E-state index >= 15 is 0 Å². The van der Waals surface area contributed by atoms with Crippen LogP contribution in [0.1, 0.15) is 11.1 Å². The van der Waals surface area contributed by atoms with Crippen molar-refractivity contribution >= 4 is 27.3 Å². The molecular formula is C16H17BrN2O. The third kappa shape index (κ3) is 2.61. The van der Waals surface area contributed by atoms with Crippen LogP contribution in [0.3, 0.4) is 0 Å². The lowest BCUT2D eigenvalue weighted by Crippen LogP contribution is -2.03. The van der Waals surface area contributed by atoms with Crippen LogP contribution < -0.4 is 15.4 Å². The van der Waals surface area contributed by atoms with Crippen LogP contribution >= 0.6 is 15.9 Å². The van der Waals surface area contributed by atoms with E-state index in [1.165, 1.54) is 16.8 Å². The van der Waals surface area contributed by atoms with E-state index < -0.39 is 0 Å². The third-order valence-electron chi connectivity index (χ3n) is 3.57. The van der Waals surface area contributed by atoms with Gasteiger partial charge in [0.2, 0.25) is 0 Å². The van der Waals surface area contributed by atoms with Crippen molar-refractivity contribution in [1.82, 2.24) is 0 Å².